The molecular formula is C13H19N3O3S. The van der Waals surface area contributed by atoms with Crippen molar-refractivity contribution in [2.24, 2.45) is 0 Å². The molecule has 1 fully saturated rings. The maximum atomic E-state index is 12.3. The lowest BCUT2D eigenvalue weighted by Gasteiger charge is -2.41. The summed E-state index contributed by atoms with van der Waals surface area (Å²) in [5.41, 5.74) is -0.00779. The number of hydrogen-bond donors (Lipinski definition) is 0. The molecule has 0 aromatic carbocycles. The zero-order valence-corrected chi connectivity index (χ0v) is 12.6. The summed E-state index contributed by atoms with van der Waals surface area (Å²) in [5.74, 6) is 1.35. The van der Waals surface area contributed by atoms with Gasteiger partial charge in [0.05, 0.1) is 9.67 Å². The van der Waals surface area contributed by atoms with Gasteiger partial charge in [0.15, 0.2) is 0 Å². The highest BCUT2D eigenvalue weighted by molar-refractivity contribution is 7.86. The smallest absolute Gasteiger partial charge is 0.287 e. The van der Waals surface area contributed by atoms with Crippen LogP contribution < -0.4 is 4.90 Å². The van der Waals surface area contributed by atoms with Gasteiger partial charge in [-0.15, -0.1) is 0 Å². The van der Waals surface area contributed by atoms with E-state index < -0.39 is 15.7 Å². The number of rotatable bonds is 4. The molecule has 1 saturated heterocycles. The third-order valence-corrected chi connectivity index (χ3v) is 6.29. The van der Waals surface area contributed by atoms with Crippen molar-refractivity contribution >= 4 is 22.3 Å². The molecule has 2 heterocycles. The molecule has 0 saturated carbocycles. The van der Waals surface area contributed by atoms with Gasteiger partial charge in [-0.25, -0.2) is 4.98 Å². The van der Waals surface area contributed by atoms with E-state index in [1.165, 1.54) is 12.3 Å². The first-order chi connectivity index (χ1) is 9.52. The van der Waals surface area contributed by atoms with E-state index in [1.807, 2.05) is 0 Å². The van der Waals surface area contributed by atoms with Crippen molar-refractivity contribution in [3.63, 3.8) is 0 Å². The zero-order valence-electron chi connectivity index (χ0n) is 11.7. The largest absolute Gasteiger partial charge is 0.354 e. The molecule has 1 aromatic heterocycles. The van der Waals surface area contributed by atoms with Gasteiger partial charge in [0, 0.05) is 35.7 Å². The number of nitrogens with zero attached hydrogens (tertiary/aromatic N) is 3. The summed E-state index contributed by atoms with van der Waals surface area (Å²) in [7, 11) is -0.821. The Morgan fingerprint density at radius 1 is 1.45 bits per heavy atom. The van der Waals surface area contributed by atoms with E-state index in [2.05, 4.69) is 23.7 Å². The predicted molar refractivity (Wildman–Crippen MR) is 79.4 cm³/mol. The number of pyridine rings is 1. The standard InChI is InChI=1S/C13H19N3O3S/c1-3-13(4-2)10-15(7-8-20(13)19)12-6-5-11(9-14-12)16(17)18/h5-6,9H,3-4,7-8,10H2,1-2H3. The van der Waals surface area contributed by atoms with Crippen LogP contribution in [0.4, 0.5) is 11.5 Å². The molecule has 0 amide bonds. The lowest BCUT2D eigenvalue weighted by Crippen LogP contribution is -2.53. The van der Waals surface area contributed by atoms with Crippen molar-refractivity contribution in [1.29, 1.82) is 0 Å². The van der Waals surface area contributed by atoms with Gasteiger partial charge in [-0.1, -0.05) is 13.8 Å². The Morgan fingerprint density at radius 2 is 2.15 bits per heavy atom. The van der Waals surface area contributed by atoms with E-state index in [-0.39, 0.29) is 10.4 Å². The summed E-state index contributed by atoms with van der Waals surface area (Å²) in [6.07, 6.45) is 3.00. The van der Waals surface area contributed by atoms with Crippen molar-refractivity contribution in [2.45, 2.75) is 31.4 Å². The minimum atomic E-state index is -0.821. The van der Waals surface area contributed by atoms with E-state index >= 15 is 0 Å². The highest BCUT2D eigenvalue weighted by Gasteiger charge is 2.39. The number of nitro groups is 1. The highest BCUT2D eigenvalue weighted by Crippen LogP contribution is 2.30. The molecule has 1 aliphatic rings. The van der Waals surface area contributed by atoms with E-state index in [0.29, 0.717) is 18.8 Å². The van der Waals surface area contributed by atoms with Gasteiger partial charge in [0.1, 0.15) is 12.0 Å². The highest BCUT2D eigenvalue weighted by atomic mass is 32.2. The Kier molecular flexibility index (Phi) is 4.37. The maximum Gasteiger partial charge on any atom is 0.287 e. The van der Waals surface area contributed by atoms with Gasteiger partial charge in [-0.3, -0.25) is 14.3 Å². The van der Waals surface area contributed by atoms with Crippen molar-refractivity contribution in [1.82, 2.24) is 4.98 Å². The molecule has 1 aliphatic heterocycles. The average molecular weight is 297 g/mol. The molecule has 20 heavy (non-hydrogen) atoms. The first-order valence-electron chi connectivity index (χ1n) is 6.76. The third kappa shape index (κ3) is 2.67. The molecule has 0 N–H and O–H groups in total. The molecule has 6 nitrogen and oxygen atoms in total. The summed E-state index contributed by atoms with van der Waals surface area (Å²) in [6, 6.07) is 3.13. The van der Waals surface area contributed by atoms with Crippen LogP contribution in [0.2, 0.25) is 0 Å². The molecule has 2 rings (SSSR count). The van der Waals surface area contributed by atoms with E-state index in [4.69, 9.17) is 0 Å². The van der Waals surface area contributed by atoms with Crippen LogP contribution in [0.25, 0.3) is 0 Å². The predicted octanol–water partition coefficient (Wildman–Crippen LogP) is 2.12. The Labute approximate surface area is 120 Å². The Balaban J connectivity index is 2.21. The number of hydrogen-bond acceptors (Lipinski definition) is 5. The van der Waals surface area contributed by atoms with Crippen LogP contribution in [0.3, 0.4) is 0 Å². The number of aromatic nitrogens is 1. The molecule has 1 atom stereocenters. The van der Waals surface area contributed by atoms with Crippen molar-refractivity contribution in [2.75, 3.05) is 23.7 Å². The summed E-state index contributed by atoms with van der Waals surface area (Å²) in [6.45, 7) is 5.50. The Hall–Kier alpha value is -1.50. The SMILES string of the molecule is CCC1(CC)CN(c2ccc([N+](=O)[O-])cn2)CCS1=O. The maximum absolute atomic E-state index is 12.3. The molecule has 110 valence electrons. The topological polar surface area (TPSA) is 76.3 Å². The minimum absolute atomic E-state index is 0.00779. The van der Waals surface area contributed by atoms with Crippen LogP contribution in [0.5, 0.6) is 0 Å². The second kappa shape index (κ2) is 5.87. The molecule has 0 radical (unpaired) electrons. The minimum Gasteiger partial charge on any atom is -0.354 e. The van der Waals surface area contributed by atoms with Crippen LogP contribution in [0.15, 0.2) is 18.3 Å². The fourth-order valence-corrected chi connectivity index (χ4v) is 4.34. The van der Waals surface area contributed by atoms with Crippen molar-refractivity contribution in [3.05, 3.63) is 28.4 Å². The van der Waals surface area contributed by atoms with Gasteiger partial charge in [-0.2, -0.15) is 0 Å². The first kappa shape index (κ1) is 14.9. The fraction of sp³-hybridized carbons (Fsp3) is 0.615. The molecule has 1 aromatic rings. The van der Waals surface area contributed by atoms with Crippen LogP contribution in [0, 0.1) is 10.1 Å². The fourth-order valence-electron chi connectivity index (χ4n) is 2.57. The second-order valence-electron chi connectivity index (χ2n) is 4.99. The molecule has 7 heteroatoms. The van der Waals surface area contributed by atoms with E-state index in [0.717, 1.165) is 18.7 Å². The Morgan fingerprint density at radius 3 is 2.65 bits per heavy atom. The zero-order chi connectivity index (χ0) is 14.8. The quantitative estimate of drug-likeness (QED) is 0.628. The van der Waals surface area contributed by atoms with Gasteiger partial charge >= 0.3 is 0 Å². The molecule has 0 aliphatic carbocycles. The average Bonchev–Trinajstić information content (AvgIpc) is 2.48. The summed E-state index contributed by atoms with van der Waals surface area (Å²) < 4.78 is 12.1. The van der Waals surface area contributed by atoms with Gasteiger partial charge in [0.2, 0.25) is 0 Å². The normalized spacial score (nSPS) is 21.7. The van der Waals surface area contributed by atoms with Crippen molar-refractivity contribution < 1.29 is 9.13 Å². The van der Waals surface area contributed by atoms with Crippen LogP contribution in [0.1, 0.15) is 26.7 Å². The van der Waals surface area contributed by atoms with E-state index in [9.17, 15) is 14.3 Å². The molecule has 1 unspecified atom stereocenters. The van der Waals surface area contributed by atoms with Crippen molar-refractivity contribution in [3.8, 4) is 0 Å². The monoisotopic (exact) mass is 297 g/mol. The lowest BCUT2D eigenvalue weighted by molar-refractivity contribution is -0.385. The van der Waals surface area contributed by atoms with E-state index in [1.54, 1.807) is 6.07 Å². The molecular weight excluding hydrogens is 278 g/mol. The van der Waals surface area contributed by atoms with Gasteiger partial charge in [0.25, 0.3) is 5.69 Å². The van der Waals surface area contributed by atoms with Gasteiger partial charge < -0.3 is 4.90 Å². The Bertz CT molecular complexity index is 514. The van der Waals surface area contributed by atoms with Crippen LogP contribution >= 0.6 is 0 Å². The number of anilines is 1. The van der Waals surface area contributed by atoms with Crippen LogP contribution in [-0.4, -0.2) is 37.7 Å². The van der Waals surface area contributed by atoms with Crippen LogP contribution in [-0.2, 0) is 10.8 Å². The second-order valence-corrected chi connectivity index (χ2v) is 6.96. The summed E-state index contributed by atoms with van der Waals surface area (Å²) in [4.78, 5) is 16.4. The third-order valence-electron chi connectivity index (χ3n) is 4.06. The summed E-state index contributed by atoms with van der Waals surface area (Å²) in [5, 5.41) is 10.6. The first-order valence-corrected chi connectivity index (χ1v) is 8.08. The molecule has 0 spiro atoms. The lowest BCUT2D eigenvalue weighted by atomic mass is 10.0. The molecule has 0 bridgehead atoms. The summed E-state index contributed by atoms with van der Waals surface area (Å²) >= 11 is 0. The van der Waals surface area contributed by atoms with Gasteiger partial charge in [-0.05, 0) is 18.9 Å².